The van der Waals surface area contributed by atoms with Crippen molar-refractivity contribution in [1.82, 2.24) is 9.97 Å². The third kappa shape index (κ3) is 4.38. The van der Waals surface area contributed by atoms with E-state index in [4.69, 9.17) is 4.74 Å². The summed E-state index contributed by atoms with van der Waals surface area (Å²) in [5.41, 5.74) is 5.01. The first-order chi connectivity index (χ1) is 11.2. The zero-order valence-electron chi connectivity index (χ0n) is 12.9. The summed E-state index contributed by atoms with van der Waals surface area (Å²) in [6.45, 7) is 5.13. The Labute approximate surface area is 149 Å². The van der Waals surface area contributed by atoms with Crippen LogP contribution < -0.4 is 10.3 Å². The van der Waals surface area contributed by atoms with Gasteiger partial charge in [0.15, 0.2) is 5.82 Å². The molecule has 0 bridgehead atoms. The van der Waals surface area contributed by atoms with Gasteiger partial charge in [-0.25, -0.2) is 9.97 Å². The molecular formula is C16H18IN5O. The number of nitrogens with zero attached hydrogens (tertiary/aromatic N) is 4. The van der Waals surface area contributed by atoms with E-state index in [2.05, 4.69) is 72.3 Å². The molecule has 6 nitrogen and oxygen atoms in total. The maximum absolute atomic E-state index is 5.36. The molecule has 1 aromatic carbocycles. The molecule has 1 fully saturated rings. The lowest BCUT2D eigenvalue weighted by atomic mass is 10.1. The second kappa shape index (κ2) is 7.69. The zero-order chi connectivity index (χ0) is 16.1. The van der Waals surface area contributed by atoms with Crippen LogP contribution >= 0.6 is 22.6 Å². The molecule has 1 aliphatic rings. The molecule has 1 aromatic heterocycles. The van der Waals surface area contributed by atoms with Gasteiger partial charge in [0, 0.05) is 22.7 Å². The topological polar surface area (TPSA) is 62.6 Å². The second-order valence-electron chi connectivity index (χ2n) is 5.18. The van der Waals surface area contributed by atoms with Crippen LogP contribution in [0.4, 0.5) is 11.6 Å². The molecule has 7 heteroatoms. The fourth-order valence-electron chi connectivity index (χ4n) is 2.27. The lowest BCUT2D eigenvalue weighted by molar-refractivity contribution is 0.122. The maximum atomic E-state index is 5.36. The molecule has 0 aliphatic carbocycles. The highest BCUT2D eigenvalue weighted by Gasteiger charge is 2.12. The largest absolute Gasteiger partial charge is 0.378 e. The molecule has 2 heterocycles. The van der Waals surface area contributed by atoms with E-state index in [1.807, 2.05) is 13.0 Å². The average Bonchev–Trinajstić information content (AvgIpc) is 2.61. The van der Waals surface area contributed by atoms with E-state index in [0.29, 0.717) is 5.82 Å². The fourth-order valence-corrected chi connectivity index (χ4v) is 2.63. The molecule has 1 saturated heterocycles. The Morgan fingerprint density at radius 1 is 1.22 bits per heavy atom. The summed E-state index contributed by atoms with van der Waals surface area (Å²) in [6, 6.07) is 10.2. The van der Waals surface area contributed by atoms with Gasteiger partial charge in [-0.1, -0.05) is 12.1 Å². The number of rotatable bonds is 4. The Morgan fingerprint density at radius 3 is 2.70 bits per heavy atom. The van der Waals surface area contributed by atoms with Gasteiger partial charge in [0.2, 0.25) is 0 Å². The SMILES string of the molecule is C/C(=N/Nc1cc(N2CCOCC2)ncn1)c1ccc(I)cc1. The molecule has 3 rings (SSSR count). The van der Waals surface area contributed by atoms with Crippen molar-refractivity contribution in [3.8, 4) is 0 Å². The van der Waals surface area contributed by atoms with Crippen LogP contribution in [-0.4, -0.2) is 42.0 Å². The lowest BCUT2D eigenvalue weighted by Gasteiger charge is -2.27. The van der Waals surface area contributed by atoms with Crippen LogP contribution in [0.15, 0.2) is 41.8 Å². The van der Waals surface area contributed by atoms with Gasteiger partial charge in [-0.15, -0.1) is 0 Å². The first-order valence-electron chi connectivity index (χ1n) is 7.43. The number of hydrogen-bond acceptors (Lipinski definition) is 6. The molecule has 0 radical (unpaired) electrons. The van der Waals surface area contributed by atoms with Crippen LogP contribution in [0.3, 0.4) is 0 Å². The molecule has 0 atom stereocenters. The highest BCUT2D eigenvalue weighted by molar-refractivity contribution is 14.1. The van der Waals surface area contributed by atoms with Gasteiger partial charge in [-0.3, -0.25) is 5.43 Å². The van der Waals surface area contributed by atoms with Gasteiger partial charge in [-0.2, -0.15) is 5.10 Å². The number of halogens is 1. The van der Waals surface area contributed by atoms with Gasteiger partial charge in [-0.05, 0) is 47.2 Å². The van der Waals surface area contributed by atoms with Crippen molar-refractivity contribution < 1.29 is 4.74 Å². The van der Waals surface area contributed by atoms with Crippen molar-refractivity contribution in [1.29, 1.82) is 0 Å². The van der Waals surface area contributed by atoms with Crippen molar-refractivity contribution in [3.63, 3.8) is 0 Å². The number of hydrogen-bond donors (Lipinski definition) is 1. The van der Waals surface area contributed by atoms with Gasteiger partial charge in [0.25, 0.3) is 0 Å². The smallest absolute Gasteiger partial charge is 0.151 e. The summed E-state index contributed by atoms with van der Waals surface area (Å²) >= 11 is 2.29. The van der Waals surface area contributed by atoms with Crippen LogP contribution in [0.25, 0.3) is 0 Å². The normalized spacial score (nSPS) is 15.6. The van der Waals surface area contributed by atoms with Crippen molar-refractivity contribution in [3.05, 3.63) is 45.8 Å². The molecule has 0 spiro atoms. The van der Waals surface area contributed by atoms with Crippen molar-refractivity contribution >= 4 is 39.9 Å². The predicted octanol–water partition coefficient (Wildman–Crippen LogP) is 2.75. The summed E-state index contributed by atoms with van der Waals surface area (Å²) in [5.74, 6) is 1.58. The van der Waals surface area contributed by atoms with Crippen molar-refractivity contribution in [2.45, 2.75) is 6.92 Å². The molecule has 120 valence electrons. The quantitative estimate of drug-likeness (QED) is 0.466. The van der Waals surface area contributed by atoms with E-state index in [0.717, 1.165) is 43.4 Å². The van der Waals surface area contributed by atoms with E-state index < -0.39 is 0 Å². The first-order valence-corrected chi connectivity index (χ1v) is 8.51. The van der Waals surface area contributed by atoms with E-state index in [1.165, 1.54) is 3.57 Å². The van der Waals surface area contributed by atoms with E-state index in [9.17, 15) is 0 Å². The van der Waals surface area contributed by atoms with Crippen molar-refractivity contribution in [2.75, 3.05) is 36.6 Å². The van der Waals surface area contributed by atoms with E-state index in [-0.39, 0.29) is 0 Å². The minimum Gasteiger partial charge on any atom is -0.378 e. The summed E-state index contributed by atoms with van der Waals surface area (Å²) in [7, 11) is 0. The number of hydrazone groups is 1. The van der Waals surface area contributed by atoms with E-state index >= 15 is 0 Å². The molecule has 1 N–H and O–H groups in total. The molecular weight excluding hydrogens is 405 g/mol. The molecule has 0 unspecified atom stereocenters. The van der Waals surface area contributed by atoms with E-state index in [1.54, 1.807) is 6.33 Å². The number of anilines is 2. The molecule has 0 amide bonds. The summed E-state index contributed by atoms with van der Waals surface area (Å²) < 4.78 is 6.57. The summed E-state index contributed by atoms with van der Waals surface area (Å²) in [5, 5.41) is 4.41. The lowest BCUT2D eigenvalue weighted by Crippen LogP contribution is -2.36. The number of benzene rings is 1. The summed E-state index contributed by atoms with van der Waals surface area (Å²) in [6.07, 6.45) is 1.56. The fraction of sp³-hybridized carbons (Fsp3) is 0.312. The third-order valence-electron chi connectivity index (χ3n) is 3.59. The number of aromatic nitrogens is 2. The standard InChI is InChI=1S/C16H18IN5O/c1-12(13-2-4-14(17)5-3-13)20-21-15-10-16(19-11-18-15)22-6-8-23-9-7-22/h2-5,10-11H,6-9H2,1H3,(H,18,19,21)/b20-12-. The highest BCUT2D eigenvalue weighted by Crippen LogP contribution is 2.15. The Kier molecular flexibility index (Phi) is 5.39. The Bertz CT molecular complexity index is 683. The van der Waals surface area contributed by atoms with Gasteiger partial charge < -0.3 is 9.64 Å². The molecule has 2 aromatic rings. The average molecular weight is 423 g/mol. The highest BCUT2D eigenvalue weighted by atomic mass is 127. The van der Waals surface area contributed by atoms with Gasteiger partial charge in [0.05, 0.1) is 18.9 Å². The zero-order valence-corrected chi connectivity index (χ0v) is 15.0. The Hall–Kier alpha value is -1.74. The third-order valence-corrected chi connectivity index (χ3v) is 4.31. The maximum Gasteiger partial charge on any atom is 0.151 e. The molecule has 0 saturated carbocycles. The van der Waals surface area contributed by atoms with Crippen LogP contribution in [-0.2, 0) is 4.74 Å². The molecule has 23 heavy (non-hydrogen) atoms. The van der Waals surface area contributed by atoms with Gasteiger partial charge in [0.1, 0.15) is 12.1 Å². The molecule has 1 aliphatic heterocycles. The number of morpholine rings is 1. The minimum atomic E-state index is 0.686. The Balaban J connectivity index is 1.70. The van der Waals surface area contributed by atoms with Crippen LogP contribution in [0.2, 0.25) is 0 Å². The van der Waals surface area contributed by atoms with Crippen LogP contribution in [0.1, 0.15) is 12.5 Å². The summed E-state index contributed by atoms with van der Waals surface area (Å²) in [4.78, 5) is 10.7. The number of ether oxygens (including phenoxy) is 1. The second-order valence-corrected chi connectivity index (χ2v) is 6.42. The van der Waals surface area contributed by atoms with Gasteiger partial charge >= 0.3 is 0 Å². The number of nitrogens with one attached hydrogen (secondary N) is 1. The van der Waals surface area contributed by atoms with Crippen LogP contribution in [0.5, 0.6) is 0 Å². The monoisotopic (exact) mass is 423 g/mol. The Morgan fingerprint density at radius 2 is 1.96 bits per heavy atom. The van der Waals surface area contributed by atoms with Crippen LogP contribution in [0, 0.1) is 3.57 Å². The predicted molar refractivity (Wildman–Crippen MR) is 100 cm³/mol. The first kappa shape index (κ1) is 16.1. The van der Waals surface area contributed by atoms with Crippen molar-refractivity contribution in [2.24, 2.45) is 5.10 Å². The minimum absolute atomic E-state index is 0.686.